The fourth-order valence-electron chi connectivity index (χ4n) is 3.05. The zero-order valence-corrected chi connectivity index (χ0v) is 15.5. The van der Waals surface area contributed by atoms with E-state index in [1.165, 1.54) is 0 Å². The van der Waals surface area contributed by atoms with E-state index in [9.17, 15) is 13.9 Å². The number of hydrogen-bond acceptors (Lipinski definition) is 6. The maximum Gasteiger partial charge on any atom is 0.407 e. The van der Waals surface area contributed by atoms with E-state index in [0.29, 0.717) is 23.8 Å². The standard InChI is InChI=1S/C17H25N3O4S/c1-17(2,3)24-16(21)18-12-8-10-20(11-9-12)15-13-6-4-5-7-14(13)25(22,23)19-15/h4-7,12,22-23H,8-11H2,1-3H3,(H,18,21). The van der Waals surface area contributed by atoms with Crippen molar-refractivity contribution < 1.29 is 18.6 Å². The van der Waals surface area contributed by atoms with Gasteiger partial charge in [-0.05, 0) is 45.7 Å². The van der Waals surface area contributed by atoms with Crippen LogP contribution in [0.1, 0.15) is 39.2 Å². The van der Waals surface area contributed by atoms with Gasteiger partial charge in [-0.3, -0.25) is 9.11 Å². The molecule has 0 atom stereocenters. The first-order valence-corrected chi connectivity index (χ1v) is 9.88. The molecule has 7 nitrogen and oxygen atoms in total. The Kier molecular flexibility index (Phi) is 4.70. The van der Waals surface area contributed by atoms with E-state index in [2.05, 4.69) is 9.71 Å². The van der Waals surface area contributed by atoms with Crippen molar-refractivity contribution in [3.05, 3.63) is 29.8 Å². The summed E-state index contributed by atoms with van der Waals surface area (Å²) in [6.07, 6.45) is 1.10. The lowest BCUT2D eigenvalue weighted by atomic mass is 10.0. The van der Waals surface area contributed by atoms with Gasteiger partial charge in [-0.2, -0.15) is 0 Å². The van der Waals surface area contributed by atoms with Gasteiger partial charge in [0.05, 0.1) is 4.90 Å². The maximum absolute atomic E-state index is 11.9. The van der Waals surface area contributed by atoms with Crippen LogP contribution in [0.4, 0.5) is 4.79 Å². The van der Waals surface area contributed by atoms with E-state index in [4.69, 9.17) is 4.74 Å². The van der Waals surface area contributed by atoms with Crippen molar-refractivity contribution in [3.8, 4) is 0 Å². The second-order valence-electron chi connectivity index (χ2n) is 7.34. The molecule has 2 heterocycles. The van der Waals surface area contributed by atoms with Crippen molar-refractivity contribution in [3.63, 3.8) is 0 Å². The van der Waals surface area contributed by atoms with Crippen LogP contribution in [0.25, 0.3) is 0 Å². The SMILES string of the molecule is CC(C)(C)OC(=O)NC1CCN(C2=NS(O)(O)c3ccccc32)CC1. The van der Waals surface area contributed by atoms with Gasteiger partial charge < -0.3 is 15.0 Å². The molecular formula is C17H25N3O4S. The first-order chi connectivity index (χ1) is 11.7. The summed E-state index contributed by atoms with van der Waals surface area (Å²) in [7, 11) is -3.10. The largest absolute Gasteiger partial charge is 0.444 e. The van der Waals surface area contributed by atoms with Crippen LogP contribution < -0.4 is 5.32 Å². The summed E-state index contributed by atoms with van der Waals surface area (Å²) >= 11 is 0. The molecule has 0 aliphatic carbocycles. The third-order valence-corrected chi connectivity index (χ3v) is 5.53. The number of hydrogen-bond donors (Lipinski definition) is 3. The predicted octanol–water partition coefficient (Wildman–Crippen LogP) is 3.46. The minimum atomic E-state index is -3.10. The van der Waals surface area contributed by atoms with Crippen molar-refractivity contribution in [2.75, 3.05) is 13.1 Å². The molecule has 8 heteroatoms. The normalized spacial score (nSPS) is 21.3. The van der Waals surface area contributed by atoms with Crippen molar-refractivity contribution in [1.82, 2.24) is 10.2 Å². The van der Waals surface area contributed by atoms with Crippen molar-refractivity contribution in [1.29, 1.82) is 0 Å². The predicted molar refractivity (Wildman–Crippen MR) is 98.1 cm³/mol. The zero-order valence-electron chi connectivity index (χ0n) is 14.7. The summed E-state index contributed by atoms with van der Waals surface area (Å²) in [6.45, 7) is 6.88. The molecule has 1 saturated heterocycles. The van der Waals surface area contributed by atoms with Gasteiger partial charge in [0, 0.05) is 24.7 Å². The number of nitrogens with zero attached hydrogens (tertiary/aromatic N) is 2. The molecular weight excluding hydrogens is 342 g/mol. The molecule has 2 aliphatic heterocycles. The number of benzene rings is 1. The van der Waals surface area contributed by atoms with Crippen LogP contribution in [-0.4, -0.2) is 50.7 Å². The van der Waals surface area contributed by atoms with E-state index in [1.54, 1.807) is 12.1 Å². The number of nitrogens with one attached hydrogen (secondary N) is 1. The summed E-state index contributed by atoms with van der Waals surface area (Å²) in [6, 6.07) is 7.26. The number of amidine groups is 1. The lowest BCUT2D eigenvalue weighted by molar-refractivity contribution is 0.0488. The summed E-state index contributed by atoms with van der Waals surface area (Å²) in [4.78, 5) is 14.4. The Bertz CT molecular complexity index is 691. The molecule has 25 heavy (non-hydrogen) atoms. The second kappa shape index (κ2) is 6.51. The fraction of sp³-hybridized carbons (Fsp3) is 0.529. The number of alkyl carbamates (subject to hydrolysis) is 1. The summed E-state index contributed by atoms with van der Waals surface area (Å²) in [5.41, 5.74) is 0.266. The molecule has 0 spiro atoms. The average molecular weight is 367 g/mol. The molecule has 0 radical (unpaired) electrons. The van der Waals surface area contributed by atoms with Crippen LogP contribution in [0, 0.1) is 0 Å². The number of amides is 1. The van der Waals surface area contributed by atoms with Gasteiger partial charge in [-0.1, -0.05) is 22.9 Å². The molecule has 138 valence electrons. The average Bonchev–Trinajstić information content (AvgIpc) is 2.78. The highest BCUT2D eigenvalue weighted by molar-refractivity contribution is 8.23. The smallest absolute Gasteiger partial charge is 0.407 e. The highest BCUT2D eigenvalue weighted by atomic mass is 32.3. The maximum atomic E-state index is 11.9. The van der Waals surface area contributed by atoms with Gasteiger partial charge in [0.1, 0.15) is 5.60 Å². The minimum Gasteiger partial charge on any atom is -0.444 e. The van der Waals surface area contributed by atoms with Crippen molar-refractivity contribution >= 4 is 22.7 Å². The highest BCUT2D eigenvalue weighted by Crippen LogP contribution is 2.56. The van der Waals surface area contributed by atoms with E-state index in [1.807, 2.05) is 37.8 Å². The third-order valence-electron chi connectivity index (χ3n) is 4.15. The first kappa shape index (κ1) is 18.0. The number of likely N-dealkylation sites (tertiary alicyclic amines) is 1. The van der Waals surface area contributed by atoms with Crippen LogP contribution in [0.5, 0.6) is 0 Å². The molecule has 3 rings (SSSR count). The third kappa shape index (κ3) is 4.08. The van der Waals surface area contributed by atoms with Gasteiger partial charge in [0.2, 0.25) is 0 Å². The summed E-state index contributed by atoms with van der Waals surface area (Å²) in [5.74, 6) is 0.631. The second-order valence-corrected chi connectivity index (χ2v) is 9.00. The Morgan fingerprint density at radius 1 is 1.28 bits per heavy atom. The lowest BCUT2D eigenvalue weighted by Gasteiger charge is -2.34. The number of piperidine rings is 1. The summed E-state index contributed by atoms with van der Waals surface area (Å²) in [5, 5.41) is 2.90. The summed E-state index contributed by atoms with van der Waals surface area (Å²) < 4.78 is 29.8. The van der Waals surface area contributed by atoms with E-state index in [-0.39, 0.29) is 6.04 Å². The molecule has 1 aromatic carbocycles. The molecule has 1 aromatic rings. The molecule has 1 fully saturated rings. The highest BCUT2D eigenvalue weighted by Gasteiger charge is 2.34. The Hall–Kier alpha value is -1.77. The Morgan fingerprint density at radius 3 is 2.56 bits per heavy atom. The topological polar surface area (TPSA) is 94.4 Å². The van der Waals surface area contributed by atoms with Gasteiger partial charge in [-0.25, -0.2) is 4.79 Å². The van der Waals surface area contributed by atoms with Gasteiger partial charge in [-0.15, -0.1) is 4.40 Å². The number of fused-ring (bicyclic) bond motifs is 1. The minimum absolute atomic E-state index is 0.0451. The van der Waals surface area contributed by atoms with Crippen LogP contribution in [0.2, 0.25) is 0 Å². The molecule has 0 unspecified atom stereocenters. The van der Waals surface area contributed by atoms with Crippen LogP contribution in [0.3, 0.4) is 0 Å². The van der Waals surface area contributed by atoms with Gasteiger partial charge >= 0.3 is 6.09 Å². The zero-order chi connectivity index (χ0) is 18.2. The Balaban J connectivity index is 1.61. The van der Waals surface area contributed by atoms with E-state index in [0.717, 1.165) is 18.4 Å². The number of carbonyl (C=O) groups excluding carboxylic acids is 1. The van der Waals surface area contributed by atoms with Gasteiger partial charge in [0.25, 0.3) is 0 Å². The Morgan fingerprint density at radius 2 is 1.92 bits per heavy atom. The number of ether oxygens (including phenoxy) is 1. The quantitative estimate of drug-likeness (QED) is 0.707. The van der Waals surface area contributed by atoms with E-state index < -0.39 is 22.5 Å². The molecule has 0 aromatic heterocycles. The van der Waals surface area contributed by atoms with Crippen LogP contribution >= 0.6 is 10.8 Å². The van der Waals surface area contributed by atoms with Crippen LogP contribution in [0.15, 0.2) is 33.6 Å². The van der Waals surface area contributed by atoms with Crippen molar-refractivity contribution in [2.24, 2.45) is 4.40 Å². The number of carbonyl (C=O) groups is 1. The first-order valence-electron chi connectivity index (χ1n) is 8.38. The van der Waals surface area contributed by atoms with Crippen LogP contribution in [-0.2, 0) is 4.74 Å². The molecule has 2 aliphatic rings. The molecule has 0 bridgehead atoms. The molecule has 1 amide bonds. The fourth-order valence-corrected chi connectivity index (χ4v) is 4.32. The van der Waals surface area contributed by atoms with Gasteiger partial charge in [0.15, 0.2) is 5.84 Å². The lowest BCUT2D eigenvalue weighted by Crippen LogP contribution is -2.47. The monoisotopic (exact) mass is 367 g/mol. The molecule has 3 N–H and O–H groups in total. The van der Waals surface area contributed by atoms with E-state index >= 15 is 0 Å². The molecule has 0 saturated carbocycles. The number of rotatable bonds is 1. The van der Waals surface area contributed by atoms with Crippen molar-refractivity contribution in [2.45, 2.75) is 50.2 Å². The Labute approximate surface area is 149 Å².